The van der Waals surface area contributed by atoms with E-state index in [1.165, 1.54) is 11.0 Å². The van der Waals surface area contributed by atoms with E-state index in [2.05, 4.69) is 0 Å². The van der Waals surface area contributed by atoms with E-state index in [-0.39, 0.29) is 25.0 Å². The van der Waals surface area contributed by atoms with Gasteiger partial charge in [0.2, 0.25) is 0 Å². The third kappa shape index (κ3) is 7.55. The van der Waals surface area contributed by atoms with Crippen molar-refractivity contribution < 1.29 is 23.9 Å². The molecule has 2 saturated heterocycles. The molecule has 144 valence electrons. The van der Waals surface area contributed by atoms with Crippen molar-refractivity contribution in [1.29, 1.82) is 5.26 Å². The summed E-state index contributed by atoms with van der Waals surface area (Å²) in [6.45, 7) is 12.3. The van der Waals surface area contributed by atoms with Crippen LogP contribution in [0.2, 0.25) is 0 Å². The number of ether oxygens (including phenoxy) is 2. The molecule has 0 N–H and O–H groups in total. The van der Waals surface area contributed by atoms with Gasteiger partial charge in [-0.05, 0) is 47.1 Å². The fraction of sp³-hybridized carbons (Fsp3) is 0.667. The van der Waals surface area contributed by atoms with Crippen molar-refractivity contribution in [3.8, 4) is 6.07 Å². The molecule has 2 amide bonds. The van der Waals surface area contributed by atoms with Crippen LogP contribution in [0.15, 0.2) is 11.6 Å². The van der Waals surface area contributed by atoms with Gasteiger partial charge in [-0.25, -0.2) is 9.59 Å². The number of hydrogen-bond acceptors (Lipinski definition) is 6. The second-order valence-corrected chi connectivity index (χ2v) is 8.14. The zero-order valence-corrected chi connectivity index (χ0v) is 16.3. The van der Waals surface area contributed by atoms with E-state index in [1.54, 1.807) is 25.7 Å². The lowest BCUT2D eigenvalue weighted by Crippen LogP contribution is -2.52. The number of allylic oxidation sites excluding steroid dienone is 1. The predicted molar refractivity (Wildman–Crippen MR) is 94.3 cm³/mol. The number of carbonyl (C=O) groups is 3. The highest BCUT2D eigenvalue weighted by molar-refractivity contribution is 5.94. The Kier molecular flexibility index (Phi) is 6.79. The van der Waals surface area contributed by atoms with Gasteiger partial charge in [0.1, 0.15) is 11.2 Å². The molecule has 0 unspecified atom stereocenters. The van der Waals surface area contributed by atoms with Crippen molar-refractivity contribution in [2.45, 2.75) is 52.7 Å². The summed E-state index contributed by atoms with van der Waals surface area (Å²) in [5.74, 6) is 0.0841. The number of amides is 2. The molecule has 2 aliphatic heterocycles. The molecule has 0 atom stereocenters. The summed E-state index contributed by atoms with van der Waals surface area (Å²) in [6.07, 6.45) is 0.760. The molecule has 2 fully saturated rings. The van der Waals surface area contributed by atoms with Crippen LogP contribution in [-0.2, 0) is 14.3 Å². The minimum atomic E-state index is -0.476. The summed E-state index contributed by atoms with van der Waals surface area (Å²) in [7, 11) is 0. The largest absolute Gasteiger partial charge is 0.444 e. The lowest BCUT2D eigenvalue weighted by atomic mass is 10.1. The molecule has 0 aromatic rings. The lowest BCUT2D eigenvalue weighted by molar-refractivity contribution is -0.128. The summed E-state index contributed by atoms with van der Waals surface area (Å²) in [4.78, 5) is 36.0. The van der Waals surface area contributed by atoms with Gasteiger partial charge in [0.25, 0.3) is 0 Å². The minimum Gasteiger partial charge on any atom is -0.444 e. The van der Waals surface area contributed by atoms with E-state index in [1.807, 2.05) is 26.8 Å². The van der Waals surface area contributed by atoms with Crippen LogP contribution in [0.3, 0.4) is 0 Å². The van der Waals surface area contributed by atoms with E-state index in [4.69, 9.17) is 14.7 Å². The zero-order valence-electron chi connectivity index (χ0n) is 16.3. The molecule has 2 rings (SSSR count). The van der Waals surface area contributed by atoms with Crippen molar-refractivity contribution in [2.75, 3.05) is 26.2 Å². The Morgan fingerprint density at radius 2 is 1.31 bits per heavy atom. The van der Waals surface area contributed by atoms with Crippen LogP contribution < -0.4 is 0 Å². The molecule has 0 bridgehead atoms. The highest BCUT2D eigenvalue weighted by Gasteiger charge is 2.31. The molecule has 26 heavy (non-hydrogen) atoms. The van der Waals surface area contributed by atoms with Gasteiger partial charge in [-0.1, -0.05) is 0 Å². The van der Waals surface area contributed by atoms with Gasteiger partial charge in [-0.2, -0.15) is 5.26 Å². The molecular formula is C18H27N3O5. The van der Waals surface area contributed by atoms with Gasteiger partial charge in [0.05, 0.1) is 19.2 Å². The first-order valence-electron chi connectivity index (χ1n) is 8.36. The molecule has 0 aromatic carbocycles. The average Bonchev–Trinajstić information content (AvgIpc) is 2.35. The summed E-state index contributed by atoms with van der Waals surface area (Å²) in [5, 5.41) is 8.35. The minimum absolute atomic E-state index is 0.0841. The van der Waals surface area contributed by atoms with Gasteiger partial charge in [-0.3, -0.25) is 9.69 Å². The van der Waals surface area contributed by atoms with E-state index >= 15 is 0 Å². The highest BCUT2D eigenvalue weighted by atomic mass is 16.6. The van der Waals surface area contributed by atoms with E-state index in [9.17, 15) is 14.4 Å². The number of nitrogens with zero attached hydrogens (tertiary/aromatic N) is 3. The van der Waals surface area contributed by atoms with Gasteiger partial charge in [0.15, 0.2) is 5.78 Å². The number of rotatable bonds is 0. The molecular weight excluding hydrogens is 338 g/mol. The van der Waals surface area contributed by atoms with E-state index < -0.39 is 17.3 Å². The maximum Gasteiger partial charge on any atom is 0.411 e. The van der Waals surface area contributed by atoms with Crippen molar-refractivity contribution in [1.82, 2.24) is 9.80 Å². The smallest absolute Gasteiger partial charge is 0.411 e. The van der Waals surface area contributed by atoms with E-state index in [0.717, 1.165) is 5.57 Å². The number of carbonyl (C=O) groups excluding carboxylic acids is 3. The molecule has 8 heteroatoms. The fourth-order valence-electron chi connectivity index (χ4n) is 1.92. The fourth-order valence-corrected chi connectivity index (χ4v) is 1.92. The Labute approximate surface area is 154 Å². The topological polar surface area (TPSA) is 99.9 Å². The first kappa shape index (κ1) is 21.5. The Bertz CT molecular complexity index is 619. The normalized spacial score (nSPS) is 16.3. The van der Waals surface area contributed by atoms with Crippen molar-refractivity contribution in [3.05, 3.63) is 11.6 Å². The molecule has 8 nitrogen and oxygen atoms in total. The Hall–Kier alpha value is -2.56. The molecule has 0 spiro atoms. The van der Waals surface area contributed by atoms with E-state index in [0.29, 0.717) is 13.1 Å². The maximum absolute atomic E-state index is 11.4. The number of Topliss-reactive ketones (excluding diaryl/α,β-unsaturated/α-hetero) is 1. The van der Waals surface area contributed by atoms with Crippen LogP contribution in [0.25, 0.3) is 0 Å². The lowest BCUT2D eigenvalue weighted by Gasteiger charge is -2.34. The highest BCUT2D eigenvalue weighted by Crippen LogP contribution is 2.18. The molecule has 0 aliphatic carbocycles. The second kappa shape index (κ2) is 8.21. The third-order valence-corrected chi connectivity index (χ3v) is 3.09. The van der Waals surface area contributed by atoms with Gasteiger partial charge < -0.3 is 14.4 Å². The molecule has 2 heterocycles. The number of hydrogen-bond donors (Lipinski definition) is 0. The van der Waals surface area contributed by atoms with Crippen LogP contribution >= 0.6 is 0 Å². The first-order valence-corrected chi connectivity index (χ1v) is 8.36. The van der Waals surface area contributed by atoms with Gasteiger partial charge >= 0.3 is 12.2 Å². The van der Waals surface area contributed by atoms with Crippen LogP contribution in [0.4, 0.5) is 9.59 Å². The van der Waals surface area contributed by atoms with Crippen molar-refractivity contribution in [2.24, 2.45) is 0 Å². The molecule has 0 saturated carbocycles. The zero-order chi connectivity index (χ0) is 20.1. The SMILES string of the molecule is CC(C)(C)OC(=O)N1CC(=CC#N)C1.CC(C)(C)OC(=O)N1CC(=O)C1. The first-order chi connectivity index (χ1) is 11.8. The number of likely N-dealkylation sites (tertiary alicyclic amines) is 2. The maximum atomic E-state index is 11.4. The van der Waals surface area contributed by atoms with Crippen LogP contribution in [0, 0.1) is 11.3 Å². The van der Waals surface area contributed by atoms with Crippen LogP contribution in [0.5, 0.6) is 0 Å². The summed E-state index contributed by atoms with van der Waals surface area (Å²) in [6, 6.07) is 1.94. The van der Waals surface area contributed by atoms with Crippen molar-refractivity contribution in [3.63, 3.8) is 0 Å². The third-order valence-electron chi connectivity index (χ3n) is 3.09. The Morgan fingerprint density at radius 3 is 1.62 bits per heavy atom. The predicted octanol–water partition coefficient (Wildman–Crippen LogP) is 2.49. The summed E-state index contributed by atoms with van der Waals surface area (Å²) >= 11 is 0. The monoisotopic (exact) mass is 365 g/mol. The second-order valence-electron chi connectivity index (χ2n) is 8.14. The average molecular weight is 365 g/mol. The van der Waals surface area contributed by atoms with Gasteiger partial charge in [0, 0.05) is 19.2 Å². The molecule has 0 aromatic heterocycles. The molecule has 0 radical (unpaired) electrons. The number of nitriles is 1. The summed E-state index contributed by atoms with van der Waals surface area (Å²) in [5.41, 5.74) is 0.0416. The quantitative estimate of drug-likeness (QED) is 0.612. The van der Waals surface area contributed by atoms with Crippen molar-refractivity contribution >= 4 is 18.0 Å². The Balaban J connectivity index is 0.000000263. The Morgan fingerprint density at radius 1 is 0.923 bits per heavy atom. The standard InChI is InChI=1S/C10H14N2O2.C8H13NO3/c1-10(2,3)14-9(13)12-6-8(7-12)4-5-11;1-8(2,3)12-7(11)9-4-6(10)5-9/h4H,6-7H2,1-3H3;4-5H2,1-3H3. The van der Waals surface area contributed by atoms with Crippen LogP contribution in [-0.4, -0.2) is 65.2 Å². The van der Waals surface area contributed by atoms with Gasteiger partial charge in [-0.15, -0.1) is 0 Å². The molecule has 2 aliphatic rings. The summed E-state index contributed by atoms with van der Waals surface area (Å²) < 4.78 is 10.2. The van der Waals surface area contributed by atoms with Crippen LogP contribution in [0.1, 0.15) is 41.5 Å². The number of ketones is 1.